The van der Waals surface area contributed by atoms with E-state index in [1.807, 2.05) is 59.5 Å². The van der Waals surface area contributed by atoms with Crippen LogP contribution in [0.15, 0.2) is 66.9 Å². The van der Waals surface area contributed by atoms with Gasteiger partial charge in [-0.2, -0.15) is 0 Å². The Morgan fingerprint density at radius 2 is 1.75 bits per heavy atom. The van der Waals surface area contributed by atoms with Crippen LogP contribution >= 0.6 is 11.6 Å². The monoisotopic (exact) mass is 447 g/mol. The molecule has 5 nitrogen and oxygen atoms in total. The molecular formula is C26H26ClN3O2. The van der Waals surface area contributed by atoms with E-state index in [4.69, 9.17) is 11.6 Å². The Morgan fingerprint density at radius 1 is 1.00 bits per heavy atom. The number of nitrogens with zero attached hydrogens (tertiary/aromatic N) is 3. The number of carbonyl (C=O) groups is 1. The van der Waals surface area contributed by atoms with Gasteiger partial charge in [-0.15, -0.1) is 0 Å². The molecular weight excluding hydrogens is 422 g/mol. The van der Waals surface area contributed by atoms with Crippen molar-refractivity contribution in [1.29, 1.82) is 0 Å². The zero-order valence-electron chi connectivity index (χ0n) is 17.8. The number of benzene rings is 2. The molecule has 5 rings (SSSR count). The summed E-state index contributed by atoms with van der Waals surface area (Å²) in [5.41, 5.74) is 3.75. The molecule has 0 aliphatic carbocycles. The maximum atomic E-state index is 13.5. The van der Waals surface area contributed by atoms with E-state index in [0.717, 1.165) is 49.4 Å². The molecule has 0 radical (unpaired) electrons. The Hall–Kier alpha value is -2.89. The lowest BCUT2D eigenvalue weighted by atomic mass is 9.87. The molecule has 3 aromatic rings. The van der Waals surface area contributed by atoms with Crippen molar-refractivity contribution in [3.8, 4) is 0 Å². The molecule has 0 saturated carbocycles. The third-order valence-corrected chi connectivity index (χ3v) is 6.90. The Bertz CT molecular complexity index is 1110. The molecule has 1 aromatic heterocycles. The van der Waals surface area contributed by atoms with Gasteiger partial charge in [0.1, 0.15) is 5.82 Å². The molecule has 1 amide bonds. The Labute approximate surface area is 193 Å². The largest absolute Gasteiger partial charge is 0.388 e. The maximum Gasteiger partial charge on any atom is 0.262 e. The van der Waals surface area contributed by atoms with Gasteiger partial charge >= 0.3 is 0 Å². The van der Waals surface area contributed by atoms with Gasteiger partial charge in [-0.05, 0) is 66.6 Å². The zero-order chi connectivity index (χ0) is 22.1. The summed E-state index contributed by atoms with van der Waals surface area (Å²) in [7, 11) is 0. The number of piperidine rings is 1. The van der Waals surface area contributed by atoms with Gasteiger partial charge in [-0.3, -0.25) is 4.79 Å². The van der Waals surface area contributed by atoms with Crippen molar-refractivity contribution in [3.63, 3.8) is 0 Å². The molecule has 3 heterocycles. The topological polar surface area (TPSA) is 56.7 Å². The fraction of sp³-hybridized carbons (Fsp3) is 0.308. The summed E-state index contributed by atoms with van der Waals surface area (Å²) in [6, 6.07) is 19.2. The van der Waals surface area contributed by atoms with Gasteiger partial charge in [0.15, 0.2) is 0 Å². The van der Waals surface area contributed by atoms with Gasteiger partial charge in [0.2, 0.25) is 0 Å². The lowest BCUT2D eigenvalue weighted by Gasteiger charge is -2.36. The number of aliphatic hydroxyl groups excluding tert-OH is 1. The quantitative estimate of drug-likeness (QED) is 0.618. The van der Waals surface area contributed by atoms with Crippen LogP contribution in [0.4, 0.5) is 11.5 Å². The molecule has 164 valence electrons. The highest BCUT2D eigenvalue weighted by molar-refractivity contribution is 6.30. The second-order valence-electron chi connectivity index (χ2n) is 8.53. The van der Waals surface area contributed by atoms with E-state index in [1.54, 1.807) is 6.20 Å². The summed E-state index contributed by atoms with van der Waals surface area (Å²) >= 11 is 5.98. The number of anilines is 2. The van der Waals surface area contributed by atoms with E-state index in [1.165, 1.54) is 5.56 Å². The number of hydrogen-bond donors (Lipinski definition) is 1. The molecule has 32 heavy (non-hydrogen) atoms. The summed E-state index contributed by atoms with van der Waals surface area (Å²) in [4.78, 5) is 22.1. The van der Waals surface area contributed by atoms with Crippen molar-refractivity contribution >= 4 is 29.0 Å². The molecule has 2 aliphatic rings. The average molecular weight is 448 g/mol. The van der Waals surface area contributed by atoms with Gasteiger partial charge in [0, 0.05) is 36.5 Å². The van der Waals surface area contributed by atoms with Crippen LogP contribution in [0.5, 0.6) is 0 Å². The number of rotatable bonds is 4. The molecule has 0 bridgehead atoms. The molecule has 1 saturated heterocycles. The number of amides is 1. The highest BCUT2D eigenvalue weighted by Gasteiger charge is 2.31. The smallest absolute Gasteiger partial charge is 0.262 e. The molecule has 1 fully saturated rings. The van der Waals surface area contributed by atoms with Crippen molar-refractivity contribution in [3.05, 3.63) is 88.6 Å². The summed E-state index contributed by atoms with van der Waals surface area (Å²) in [6.07, 6.45) is 3.78. The fourth-order valence-electron chi connectivity index (χ4n) is 4.87. The number of halogens is 1. The van der Waals surface area contributed by atoms with Gasteiger partial charge in [0.25, 0.3) is 5.91 Å². The number of aromatic nitrogens is 1. The molecule has 1 unspecified atom stereocenters. The highest BCUT2D eigenvalue weighted by Crippen LogP contribution is 2.35. The SMILES string of the molecule is O=C(c1cccnc1N1CCC(C(O)c2ccc(Cl)cc2)CC1)N1CCc2ccccc21. The first-order chi connectivity index (χ1) is 15.6. The summed E-state index contributed by atoms with van der Waals surface area (Å²) in [6.45, 7) is 2.20. The first-order valence-electron chi connectivity index (χ1n) is 11.1. The summed E-state index contributed by atoms with van der Waals surface area (Å²) in [5.74, 6) is 0.906. The minimum atomic E-state index is -0.514. The van der Waals surface area contributed by atoms with Crippen LogP contribution in [0.25, 0.3) is 0 Å². The normalized spacial score (nSPS) is 17.3. The van der Waals surface area contributed by atoms with E-state index in [-0.39, 0.29) is 11.8 Å². The van der Waals surface area contributed by atoms with Gasteiger partial charge in [-0.1, -0.05) is 41.9 Å². The Morgan fingerprint density at radius 3 is 2.53 bits per heavy atom. The third kappa shape index (κ3) is 3.98. The number of pyridine rings is 1. The molecule has 2 aliphatic heterocycles. The van der Waals surface area contributed by atoms with Crippen LogP contribution in [0.3, 0.4) is 0 Å². The number of para-hydroxylation sites is 1. The van der Waals surface area contributed by atoms with E-state index < -0.39 is 6.10 Å². The molecule has 2 aromatic carbocycles. The summed E-state index contributed by atoms with van der Waals surface area (Å²) < 4.78 is 0. The van der Waals surface area contributed by atoms with E-state index in [9.17, 15) is 9.90 Å². The average Bonchev–Trinajstić information content (AvgIpc) is 3.28. The molecule has 1 atom stereocenters. The van der Waals surface area contributed by atoms with Crippen molar-refractivity contribution in [2.75, 3.05) is 29.4 Å². The first kappa shape index (κ1) is 21.0. The highest BCUT2D eigenvalue weighted by atomic mass is 35.5. The standard InChI is InChI=1S/C26H26ClN3O2/c27-21-9-7-19(8-10-21)24(31)20-11-15-29(16-12-20)25-22(5-3-14-28-25)26(32)30-17-13-18-4-1-2-6-23(18)30/h1-10,14,20,24,31H,11-13,15-17H2. The van der Waals surface area contributed by atoms with Gasteiger partial charge in [0.05, 0.1) is 11.7 Å². The van der Waals surface area contributed by atoms with E-state index >= 15 is 0 Å². The summed E-state index contributed by atoms with van der Waals surface area (Å²) in [5, 5.41) is 11.5. The lowest BCUT2D eigenvalue weighted by molar-refractivity contribution is 0.0925. The van der Waals surface area contributed by atoms with E-state index in [0.29, 0.717) is 17.1 Å². The predicted octanol–water partition coefficient (Wildman–Crippen LogP) is 4.89. The number of aliphatic hydroxyl groups is 1. The number of carbonyl (C=O) groups excluding carboxylic acids is 1. The van der Waals surface area contributed by atoms with Gasteiger partial charge in [-0.25, -0.2) is 4.98 Å². The van der Waals surface area contributed by atoms with Crippen LogP contribution in [0.1, 0.15) is 40.4 Å². The molecule has 6 heteroatoms. The second kappa shape index (κ2) is 8.93. The van der Waals surface area contributed by atoms with Crippen LogP contribution < -0.4 is 9.80 Å². The van der Waals surface area contributed by atoms with E-state index in [2.05, 4.69) is 16.0 Å². The van der Waals surface area contributed by atoms with Crippen molar-refractivity contribution < 1.29 is 9.90 Å². The Balaban J connectivity index is 1.31. The van der Waals surface area contributed by atoms with Crippen molar-refractivity contribution in [1.82, 2.24) is 4.98 Å². The van der Waals surface area contributed by atoms with Crippen molar-refractivity contribution in [2.45, 2.75) is 25.4 Å². The maximum absolute atomic E-state index is 13.5. The minimum Gasteiger partial charge on any atom is -0.388 e. The van der Waals surface area contributed by atoms with Gasteiger partial charge < -0.3 is 14.9 Å². The molecule has 1 N–H and O–H groups in total. The zero-order valence-corrected chi connectivity index (χ0v) is 18.6. The predicted molar refractivity (Wildman–Crippen MR) is 127 cm³/mol. The lowest BCUT2D eigenvalue weighted by Crippen LogP contribution is -2.38. The third-order valence-electron chi connectivity index (χ3n) is 6.65. The number of fused-ring (bicyclic) bond motifs is 1. The van der Waals surface area contributed by atoms with Crippen molar-refractivity contribution in [2.24, 2.45) is 5.92 Å². The van der Waals surface area contributed by atoms with Crippen LogP contribution in [0.2, 0.25) is 5.02 Å². The van der Waals surface area contributed by atoms with Crippen LogP contribution in [-0.4, -0.2) is 35.6 Å². The second-order valence-corrected chi connectivity index (χ2v) is 8.97. The van der Waals surface area contributed by atoms with Crippen LogP contribution in [-0.2, 0) is 6.42 Å². The number of hydrogen-bond acceptors (Lipinski definition) is 4. The minimum absolute atomic E-state index is 0.00127. The molecule has 0 spiro atoms. The Kier molecular flexibility index (Phi) is 5.85. The van der Waals surface area contributed by atoms with Crippen LogP contribution in [0, 0.1) is 5.92 Å². The first-order valence-corrected chi connectivity index (χ1v) is 11.5. The fourth-order valence-corrected chi connectivity index (χ4v) is 5.00.